The largest absolute Gasteiger partial charge is 0.384 e. The number of hydrogen-bond donors (Lipinski definition) is 2. The molecule has 0 saturated carbocycles. The lowest BCUT2D eigenvalue weighted by molar-refractivity contribution is -0.121. The number of nitrogens with one attached hydrogen (secondary N) is 2. The second kappa shape index (κ2) is 8.06. The van der Waals surface area contributed by atoms with Crippen molar-refractivity contribution in [3.63, 3.8) is 0 Å². The number of carbonyl (C=O) groups excluding carboxylic acids is 1. The fourth-order valence-corrected chi connectivity index (χ4v) is 2.64. The Morgan fingerprint density at radius 1 is 1.09 bits per heavy atom. The third-order valence-corrected chi connectivity index (χ3v) is 3.66. The molecule has 0 fully saturated rings. The van der Waals surface area contributed by atoms with E-state index in [-0.39, 0.29) is 11.9 Å². The first-order chi connectivity index (χ1) is 10.5. The molecule has 1 unspecified atom stereocenters. The van der Waals surface area contributed by atoms with Crippen molar-refractivity contribution in [2.75, 3.05) is 11.9 Å². The van der Waals surface area contributed by atoms with Gasteiger partial charge in [-0.3, -0.25) is 4.79 Å². The van der Waals surface area contributed by atoms with Crippen LogP contribution in [0, 0.1) is 0 Å². The van der Waals surface area contributed by atoms with Crippen molar-refractivity contribution in [1.82, 2.24) is 5.32 Å². The van der Waals surface area contributed by atoms with Crippen LogP contribution in [-0.4, -0.2) is 12.5 Å². The van der Waals surface area contributed by atoms with E-state index in [4.69, 9.17) is 23.2 Å². The van der Waals surface area contributed by atoms with Gasteiger partial charge in [0.2, 0.25) is 5.91 Å². The number of halogens is 2. The zero-order valence-corrected chi connectivity index (χ0v) is 13.8. The standard InChI is InChI=1S/C17H18Cl2N2O/c1-12(13-5-3-2-4-6-13)21-17(22)7-8-20-16-10-14(18)9-15(19)11-16/h2-6,9-12,20H,7-8H2,1H3,(H,21,22). The van der Waals surface area contributed by atoms with E-state index in [9.17, 15) is 4.79 Å². The van der Waals surface area contributed by atoms with Crippen LogP contribution in [0.2, 0.25) is 10.0 Å². The topological polar surface area (TPSA) is 41.1 Å². The molecule has 116 valence electrons. The summed E-state index contributed by atoms with van der Waals surface area (Å²) in [6.07, 6.45) is 0.376. The van der Waals surface area contributed by atoms with Crippen LogP contribution < -0.4 is 10.6 Å². The summed E-state index contributed by atoms with van der Waals surface area (Å²) >= 11 is 11.8. The maximum Gasteiger partial charge on any atom is 0.222 e. The van der Waals surface area contributed by atoms with Gasteiger partial charge in [-0.1, -0.05) is 53.5 Å². The van der Waals surface area contributed by atoms with Crippen LogP contribution in [0.1, 0.15) is 24.9 Å². The normalized spacial score (nSPS) is 11.8. The van der Waals surface area contributed by atoms with Crippen molar-refractivity contribution in [2.45, 2.75) is 19.4 Å². The lowest BCUT2D eigenvalue weighted by atomic mass is 10.1. The molecule has 2 aromatic carbocycles. The summed E-state index contributed by atoms with van der Waals surface area (Å²) in [5.74, 6) is -0.00280. The molecule has 0 spiro atoms. The molecule has 0 aliphatic heterocycles. The van der Waals surface area contributed by atoms with E-state index < -0.39 is 0 Å². The van der Waals surface area contributed by atoms with Crippen LogP contribution in [0.4, 0.5) is 5.69 Å². The predicted molar refractivity (Wildman–Crippen MR) is 92.6 cm³/mol. The van der Waals surface area contributed by atoms with E-state index in [1.54, 1.807) is 18.2 Å². The zero-order valence-electron chi connectivity index (χ0n) is 12.3. The molecule has 0 aliphatic carbocycles. The lowest BCUT2D eigenvalue weighted by Gasteiger charge is -2.14. The average Bonchev–Trinajstić information content (AvgIpc) is 2.47. The van der Waals surface area contributed by atoms with Gasteiger partial charge in [-0.15, -0.1) is 0 Å². The second-order valence-corrected chi connectivity index (χ2v) is 5.91. The Morgan fingerprint density at radius 2 is 1.73 bits per heavy atom. The van der Waals surface area contributed by atoms with Crippen LogP contribution in [0.25, 0.3) is 0 Å². The summed E-state index contributed by atoms with van der Waals surface area (Å²) in [4.78, 5) is 11.9. The number of carbonyl (C=O) groups is 1. The van der Waals surface area contributed by atoms with Gasteiger partial charge in [-0.2, -0.15) is 0 Å². The fourth-order valence-electron chi connectivity index (χ4n) is 2.11. The third-order valence-electron chi connectivity index (χ3n) is 3.22. The molecule has 0 aliphatic rings. The molecule has 22 heavy (non-hydrogen) atoms. The van der Waals surface area contributed by atoms with E-state index in [1.807, 2.05) is 37.3 Å². The van der Waals surface area contributed by atoms with Gasteiger partial charge in [-0.05, 0) is 30.7 Å². The number of hydrogen-bond acceptors (Lipinski definition) is 2. The summed E-state index contributed by atoms with van der Waals surface area (Å²) in [7, 11) is 0. The molecule has 2 N–H and O–H groups in total. The van der Waals surface area contributed by atoms with Crippen LogP contribution in [-0.2, 0) is 4.79 Å². The fraction of sp³-hybridized carbons (Fsp3) is 0.235. The second-order valence-electron chi connectivity index (χ2n) is 5.03. The maximum absolute atomic E-state index is 11.9. The van der Waals surface area contributed by atoms with E-state index in [0.717, 1.165) is 11.3 Å². The summed E-state index contributed by atoms with van der Waals surface area (Å²) in [5.41, 5.74) is 1.90. The molecular formula is C17H18Cl2N2O. The van der Waals surface area contributed by atoms with Gasteiger partial charge >= 0.3 is 0 Å². The minimum absolute atomic E-state index is 0.00280. The molecule has 3 nitrogen and oxygen atoms in total. The van der Waals surface area contributed by atoms with Gasteiger partial charge in [0.1, 0.15) is 0 Å². The average molecular weight is 337 g/mol. The smallest absolute Gasteiger partial charge is 0.222 e. The predicted octanol–water partition coefficient (Wildman–Crippen LogP) is 4.67. The molecule has 2 aromatic rings. The lowest BCUT2D eigenvalue weighted by Crippen LogP contribution is -2.28. The van der Waals surface area contributed by atoms with E-state index in [0.29, 0.717) is 23.0 Å². The van der Waals surface area contributed by atoms with Crippen molar-refractivity contribution in [1.29, 1.82) is 0 Å². The Labute approximate surface area is 140 Å². The van der Waals surface area contributed by atoms with Gasteiger partial charge in [-0.25, -0.2) is 0 Å². The maximum atomic E-state index is 11.9. The SMILES string of the molecule is CC(NC(=O)CCNc1cc(Cl)cc(Cl)c1)c1ccccc1. The Kier molecular flexibility index (Phi) is 6.10. The zero-order chi connectivity index (χ0) is 15.9. The van der Waals surface area contributed by atoms with Crippen LogP contribution in [0.15, 0.2) is 48.5 Å². The highest BCUT2D eigenvalue weighted by Crippen LogP contribution is 2.22. The first kappa shape index (κ1) is 16.7. The highest BCUT2D eigenvalue weighted by atomic mass is 35.5. The molecule has 0 saturated heterocycles. The molecule has 1 amide bonds. The Bertz CT molecular complexity index is 612. The summed E-state index contributed by atoms with van der Waals surface area (Å²) in [6, 6.07) is 15.1. The van der Waals surface area contributed by atoms with Gasteiger partial charge in [0, 0.05) is 28.7 Å². The van der Waals surface area contributed by atoms with Crippen LogP contribution >= 0.6 is 23.2 Å². The molecule has 0 aromatic heterocycles. The first-order valence-corrected chi connectivity index (χ1v) is 7.84. The minimum atomic E-state index is -0.00526. The molecule has 5 heteroatoms. The molecule has 0 radical (unpaired) electrons. The van der Waals surface area contributed by atoms with Gasteiger partial charge < -0.3 is 10.6 Å². The van der Waals surface area contributed by atoms with Crippen molar-refractivity contribution < 1.29 is 4.79 Å². The van der Waals surface area contributed by atoms with Crippen molar-refractivity contribution >= 4 is 34.8 Å². The van der Waals surface area contributed by atoms with E-state index in [2.05, 4.69) is 10.6 Å². The monoisotopic (exact) mass is 336 g/mol. The van der Waals surface area contributed by atoms with Crippen LogP contribution in [0.3, 0.4) is 0 Å². The Hall–Kier alpha value is -1.71. The highest BCUT2D eigenvalue weighted by molar-refractivity contribution is 6.35. The van der Waals surface area contributed by atoms with Crippen LogP contribution in [0.5, 0.6) is 0 Å². The summed E-state index contributed by atoms with van der Waals surface area (Å²) in [6.45, 7) is 2.49. The molecule has 1 atom stereocenters. The quantitative estimate of drug-likeness (QED) is 0.804. The first-order valence-electron chi connectivity index (χ1n) is 7.09. The number of rotatable bonds is 6. The van der Waals surface area contributed by atoms with Crippen molar-refractivity contribution in [3.05, 3.63) is 64.1 Å². The van der Waals surface area contributed by atoms with Crippen molar-refractivity contribution in [3.8, 4) is 0 Å². The van der Waals surface area contributed by atoms with E-state index >= 15 is 0 Å². The summed E-state index contributed by atoms with van der Waals surface area (Å²) < 4.78 is 0. The van der Waals surface area contributed by atoms with Gasteiger partial charge in [0.15, 0.2) is 0 Å². The van der Waals surface area contributed by atoms with E-state index in [1.165, 1.54) is 0 Å². The number of benzene rings is 2. The highest BCUT2D eigenvalue weighted by Gasteiger charge is 2.08. The summed E-state index contributed by atoms with van der Waals surface area (Å²) in [5, 5.41) is 7.25. The van der Waals surface area contributed by atoms with Gasteiger partial charge in [0.25, 0.3) is 0 Å². The van der Waals surface area contributed by atoms with Crippen molar-refractivity contribution in [2.24, 2.45) is 0 Å². The molecule has 0 heterocycles. The Balaban J connectivity index is 1.78. The number of amides is 1. The molecule has 0 bridgehead atoms. The third kappa shape index (κ3) is 5.24. The van der Waals surface area contributed by atoms with Gasteiger partial charge in [0.05, 0.1) is 6.04 Å². The molecular weight excluding hydrogens is 319 g/mol. The Morgan fingerprint density at radius 3 is 2.36 bits per heavy atom. The number of anilines is 1. The molecule has 2 rings (SSSR count). The minimum Gasteiger partial charge on any atom is -0.384 e.